The first-order valence-electron chi connectivity index (χ1n) is 6.05. The molecular formula is C12H14Br2N2O3S. The molecule has 0 spiro atoms. The number of rotatable bonds is 3. The van der Waals surface area contributed by atoms with Crippen molar-refractivity contribution in [1.82, 2.24) is 9.21 Å². The third kappa shape index (κ3) is 3.24. The molecule has 1 amide bonds. The van der Waals surface area contributed by atoms with E-state index in [1.165, 1.54) is 4.31 Å². The zero-order valence-electron chi connectivity index (χ0n) is 10.6. The third-order valence-corrected chi connectivity index (χ3v) is 6.55. The SMILES string of the molecule is O=C(CBr)N1CCN(S(=O)(=O)c2ccccc2Br)CC1. The van der Waals surface area contributed by atoms with E-state index in [9.17, 15) is 13.2 Å². The molecule has 0 bridgehead atoms. The minimum absolute atomic E-state index is 0.0112. The first kappa shape index (κ1) is 15.9. The number of piperazine rings is 1. The van der Waals surface area contributed by atoms with Crippen LogP contribution in [0, 0.1) is 0 Å². The number of hydrogen-bond donors (Lipinski definition) is 0. The number of halogens is 2. The van der Waals surface area contributed by atoms with Gasteiger partial charge in [0, 0.05) is 30.7 Å². The molecule has 1 heterocycles. The molecule has 1 aromatic rings. The van der Waals surface area contributed by atoms with E-state index in [2.05, 4.69) is 31.9 Å². The van der Waals surface area contributed by atoms with E-state index in [0.29, 0.717) is 30.7 Å². The lowest BCUT2D eigenvalue weighted by Crippen LogP contribution is -2.50. The maximum Gasteiger partial charge on any atom is 0.244 e. The van der Waals surface area contributed by atoms with E-state index in [-0.39, 0.29) is 16.1 Å². The summed E-state index contributed by atoms with van der Waals surface area (Å²) in [6.07, 6.45) is 0. The summed E-state index contributed by atoms with van der Waals surface area (Å²) in [5.41, 5.74) is 0. The standard InChI is InChI=1S/C12H14Br2N2O3S/c13-9-12(17)15-5-7-16(8-6-15)20(18,19)11-4-2-1-3-10(11)14/h1-4H,5-9H2. The molecule has 2 rings (SSSR count). The van der Waals surface area contributed by atoms with Gasteiger partial charge in [-0.15, -0.1) is 0 Å². The molecular weight excluding hydrogens is 412 g/mol. The molecule has 0 aromatic heterocycles. The number of benzene rings is 1. The molecule has 1 aliphatic rings. The van der Waals surface area contributed by atoms with Gasteiger partial charge in [0.05, 0.1) is 10.2 Å². The van der Waals surface area contributed by atoms with Crippen LogP contribution >= 0.6 is 31.9 Å². The van der Waals surface area contributed by atoms with Gasteiger partial charge in [0.25, 0.3) is 0 Å². The first-order valence-corrected chi connectivity index (χ1v) is 9.40. The number of nitrogens with zero attached hydrogens (tertiary/aromatic N) is 2. The molecule has 8 heteroatoms. The van der Waals surface area contributed by atoms with Crippen molar-refractivity contribution in [3.05, 3.63) is 28.7 Å². The summed E-state index contributed by atoms with van der Waals surface area (Å²) in [5, 5.41) is 0.268. The number of carbonyl (C=O) groups excluding carboxylic acids is 1. The van der Waals surface area contributed by atoms with Crippen LogP contribution in [0.3, 0.4) is 0 Å². The van der Waals surface area contributed by atoms with Gasteiger partial charge in [-0.05, 0) is 28.1 Å². The van der Waals surface area contributed by atoms with Crippen molar-refractivity contribution in [2.75, 3.05) is 31.5 Å². The van der Waals surface area contributed by atoms with Gasteiger partial charge < -0.3 is 4.90 Å². The van der Waals surface area contributed by atoms with Crippen molar-refractivity contribution >= 4 is 47.8 Å². The lowest BCUT2D eigenvalue weighted by molar-refractivity contribution is -0.129. The summed E-state index contributed by atoms with van der Waals surface area (Å²) in [6, 6.07) is 6.75. The molecule has 1 saturated heterocycles. The Hall–Kier alpha value is -0.440. The minimum Gasteiger partial charge on any atom is -0.339 e. The van der Waals surface area contributed by atoms with Crippen molar-refractivity contribution < 1.29 is 13.2 Å². The van der Waals surface area contributed by atoms with Gasteiger partial charge in [0.1, 0.15) is 0 Å². The summed E-state index contributed by atoms with van der Waals surface area (Å²) in [6.45, 7) is 1.49. The molecule has 110 valence electrons. The van der Waals surface area contributed by atoms with Crippen molar-refractivity contribution in [3.63, 3.8) is 0 Å². The van der Waals surface area contributed by atoms with E-state index < -0.39 is 10.0 Å². The molecule has 1 aromatic carbocycles. The highest BCUT2D eigenvalue weighted by molar-refractivity contribution is 9.10. The second kappa shape index (κ2) is 6.55. The van der Waals surface area contributed by atoms with Gasteiger partial charge in [0.2, 0.25) is 15.9 Å². The van der Waals surface area contributed by atoms with Crippen molar-refractivity contribution in [2.45, 2.75) is 4.90 Å². The predicted octanol–water partition coefficient (Wildman–Crippen LogP) is 1.68. The first-order chi connectivity index (χ1) is 9.46. The van der Waals surface area contributed by atoms with Crippen LogP contribution < -0.4 is 0 Å². The molecule has 1 aliphatic heterocycles. The van der Waals surface area contributed by atoms with Crippen molar-refractivity contribution in [1.29, 1.82) is 0 Å². The van der Waals surface area contributed by atoms with Gasteiger partial charge in [0.15, 0.2) is 0 Å². The quantitative estimate of drug-likeness (QED) is 0.692. The van der Waals surface area contributed by atoms with Gasteiger partial charge in [-0.1, -0.05) is 28.1 Å². The Balaban J connectivity index is 2.14. The Morgan fingerprint density at radius 2 is 1.75 bits per heavy atom. The van der Waals surface area contributed by atoms with E-state index >= 15 is 0 Å². The monoisotopic (exact) mass is 424 g/mol. The van der Waals surface area contributed by atoms with Crippen LogP contribution in [0.2, 0.25) is 0 Å². The van der Waals surface area contributed by atoms with Gasteiger partial charge in [-0.2, -0.15) is 4.31 Å². The summed E-state index contributed by atoms with van der Waals surface area (Å²) >= 11 is 6.39. The van der Waals surface area contributed by atoms with Crippen LogP contribution in [0.5, 0.6) is 0 Å². The number of hydrogen-bond acceptors (Lipinski definition) is 3. The summed E-state index contributed by atoms with van der Waals surface area (Å²) in [7, 11) is -3.51. The predicted molar refractivity (Wildman–Crippen MR) is 83.3 cm³/mol. The van der Waals surface area contributed by atoms with Gasteiger partial charge in [-0.25, -0.2) is 8.42 Å². The Labute approximate surface area is 135 Å². The van der Waals surface area contributed by atoms with E-state index in [1.807, 2.05) is 0 Å². The topological polar surface area (TPSA) is 57.7 Å². The Bertz CT molecular complexity index is 598. The lowest BCUT2D eigenvalue weighted by Gasteiger charge is -2.33. The van der Waals surface area contributed by atoms with Gasteiger partial charge >= 0.3 is 0 Å². The second-order valence-corrected chi connectivity index (χ2v) is 7.67. The summed E-state index contributed by atoms with van der Waals surface area (Å²) in [5.74, 6) is -0.0112. The van der Waals surface area contributed by atoms with Crippen LogP contribution in [0.1, 0.15) is 0 Å². The van der Waals surface area contributed by atoms with Crippen LogP contribution in [0.25, 0.3) is 0 Å². The number of sulfonamides is 1. The molecule has 0 unspecified atom stereocenters. The highest BCUT2D eigenvalue weighted by Gasteiger charge is 2.30. The Morgan fingerprint density at radius 1 is 1.15 bits per heavy atom. The van der Waals surface area contributed by atoms with Crippen LogP contribution in [-0.4, -0.2) is 55.0 Å². The lowest BCUT2D eigenvalue weighted by atomic mass is 10.3. The molecule has 0 saturated carbocycles. The summed E-state index contributed by atoms with van der Waals surface area (Å²) in [4.78, 5) is 13.5. The van der Waals surface area contributed by atoms with Gasteiger partial charge in [-0.3, -0.25) is 4.79 Å². The molecule has 5 nitrogen and oxygen atoms in total. The largest absolute Gasteiger partial charge is 0.339 e. The maximum atomic E-state index is 12.5. The van der Waals surface area contributed by atoms with Crippen LogP contribution in [0.15, 0.2) is 33.6 Å². The summed E-state index contributed by atoms with van der Waals surface area (Å²) < 4.78 is 27.1. The van der Waals surface area contributed by atoms with Crippen molar-refractivity contribution in [2.24, 2.45) is 0 Å². The van der Waals surface area contributed by atoms with E-state index in [0.717, 1.165) is 0 Å². The third-order valence-electron chi connectivity index (χ3n) is 3.16. The van der Waals surface area contributed by atoms with Crippen molar-refractivity contribution in [3.8, 4) is 0 Å². The molecule has 20 heavy (non-hydrogen) atoms. The molecule has 0 atom stereocenters. The minimum atomic E-state index is -3.51. The molecule has 0 aliphatic carbocycles. The number of alkyl halides is 1. The number of carbonyl (C=O) groups is 1. The molecule has 0 N–H and O–H groups in total. The van der Waals surface area contributed by atoms with E-state index in [1.54, 1.807) is 29.2 Å². The molecule has 1 fully saturated rings. The average Bonchev–Trinajstić information content (AvgIpc) is 2.47. The second-order valence-electron chi connectivity index (χ2n) is 4.35. The fourth-order valence-corrected chi connectivity index (χ4v) is 4.80. The molecule has 0 radical (unpaired) electrons. The highest BCUT2D eigenvalue weighted by atomic mass is 79.9. The van der Waals surface area contributed by atoms with Crippen LogP contribution in [0.4, 0.5) is 0 Å². The Morgan fingerprint density at radius 3 is 2.30 bits per heavy atom. The fourth-order valence-electron chi connectivity index (χ4n) is 2.06. The fraction of sp³-hybridized carbons (Fsp3) is 0.417. The smallest absolute Gasteiger partial charge is 0.244 e. The average molecular weight is 426 g/mol. The Kier molecular flexibility index (Phi) is 5.22. The van der Waals surface area contributed by atoms with Crippen LogP contribution in [-0.2, 0) is 14.8 Å². The maximum absolute atomic E-state index is 12.5. The zero-order valence-corrected chi connectivity index (χ0v) is 14.6. The zero-order chi connectivity index (χ0) is 14.8. The normalized spacial score (nSPS) is 17.2. The van der Waals surface area contributed by atoms with E-state index in [4.69, 9.17) is 0 Å². The number of amides is 1. The highest BCUT2D eigenvalue weighted by Crippen LogP contribution is 2.25.